The number of aryl methyl sites for hydroxylation is 4. The van der Waals surface area contributed by atoms with Crippen LogP contribution in [0.5, 0.6) is 0 Å². The molecule has 11 aromatic rings. The van der Waals surface area contributed by atoms with Gasteiger partial charge in [-0.1, -0.05) is 261 Å². The van der Waals surface area contributed by atoms with Crippen molar-refractivity contribution in [2.45, 2.75) is 351 Å². The molecule has 0 amide bonds. The van der Waals surface area contributed by atoms with Crippen molar-refractivity contribution in [2.75, 3.05) is 0 Å². The van der Waals surface area contributed by atoms with Crippen LogP contribution in [0.15, 0.2) is 93.5 Å². The Hall–Kier alpha value is -7.32. The van der Waals surface area contributed by atoms with E-state index in [1.165, 1.54) is 85.2 Å². The summed E-state index contributed by atoms with van der Waals surface area (Å²) < 4.78 is 67.7. The quantitative estimate of drug-likeness (QED) is 0.0123. The van der Waals surface area contributed by atoms with E-state index >= 15 is 27.2 Å². The molecule has 0 saturated heterocycles. The predicted molar refractivity (Wildman–Crippen MR) is 532 cm³/mol. The summed E-state index contributed by atoms with van der Waals surface area (Å²) in [5.41, 5.74) is 3.82. The van der Waals surface area contributed by atoms with Gasteiger partial charge in [-0.25, -0.2) is 17.6 Å². The Kier molecular flexibility index (Phi) is 35.9. The fourth-order valence-corrected chi connectivity index (χ4v) is 26.9. The van der Waals surface area contributed by atoms with E-state index in [4.69, 9.17) is 0 Å². The Labute approximate surface area is 769 Å². The lowest BCUT2D eigenvalue weighted by Crippen LogP contribution is -2.26. The molecule has 8 heterocycles. The number of rotatable bonds is 54. The minimum Gasteiger partial charge on any atom is -0.307 e. The molecule has 13 rings (SSSR count). The number of carbonyl (C=O) groups is 4. The maximum Gasteiger partial charge on any atom is 0.259 e. The monoisotopic (exact) mass is 1820 g/mol. The van der Waals surface area contributed by atoms with Crippen molar-refractivity contribution in [2.24, 2.45) is 11.8 Å². The highest BCUT2D eigenvalue weighted by Crippen LogP contribution is 2.52. The molecule has 8 aromatic heterocycles. The Bertz CT molecular complexity index is 5390. The maximum atomic E-state index is 16.8. The molecule has 0 saturated carbocycles. The van der Waals surface area contributed by atoms with Crippen LogP contribution in [0, 0.1) is 35.1 Å². The molecule has 2 unspecified atom stereocenters. The van der Waals surface area contributed by atoms with Gasteiger partial charge < -0.3 is 9.13 Å². The fraction of sp³-hybridized carbons (Fsp3) is 0.519. The van der Waals surface area contributed by atoms with E-state index in [0.717, 1.165) is 337 Å². The first-order chi connectivity index (χ1) is 61.4. The van der Waals surface area contributed by atoms with Crippen LogP contribution < -0.4 is 11.1 Å². The number of pyridine rings is 2. The Morgan fingerprint density at radius 1 is 0.286 bits per heavy atom. The van der Waals surface area contributed by atoms with E-state index in [9.17, 15) is 19.2 Å². The summed E-state index contributed by atoms with van der Waals surface area (Å²) in [5.74, 6) is -6.37. The van der Waals surface area contributed by atoms with Crippen LogP contribution >= 0.6 is 68.0 Å². The molecule has 2 atom stereocenters. The van der Waals surface area contributed by atoms with Crippen LogP contribution in [0.25, 0.3) is 93.1 Å². The topological polar surface area (TPSA) is 112 Å². The molecule has 3 aromatic carbocycles. The number of aromatic nitrogens is 2. The van der Waals surface area contributed by atoms with Crippen LogP contribution in [0.3, 0.4) is 0 Å². The first-order valence-electron chi connectivity index (χ1n) is 48.6. The third-order valence-corrected chi connectivity index (χ3v) is 34.0. The summed E-state index contributed by atoms with van der Waals surface area (Å²) in [6.07, 6.45) is 50.3. The Balaban J connectivity index is 1.02. The second kappa shape index (κ2) is 47.0. The van der Waals surface area contributed by atoms with Gasteiger partial charge in [0.25, 0.3) is 11.1 Å². The third kappa shape index (κ3) is 22.6. The van der Waals surface area contributed by atoms with E-state index < -0.39 is 68.7 Å². The lowest BCUT2D eigenvalue weighted by Gasteiger charge is -2.21. The minimum atomic E-state index is -0.914. The van der Waals surface area contributed by atoms with Crippen molar-refractivity contribution in [1.29, 1.82) is 0 Å². The molecule has 126 heavy (non-hydrogen) atoms. The Morgan fingerprint density at radius 2 is 0.540 bits per heavy atom. The second-order valence-corrected chi connectivity index (χ2v) is 42.5. The van der Waals surface area contributed by atoms with Crippen molar-refractivity contribution in [3.8, 4) is 39.0 Å². The van der Waals surface area contributed by atoms with Crippen LogP contribution in [0.1, 0.15) is 386 Å². The number of unbranched alkanes of at least 4 members (excludes halogenated alkanes) is 28. The molecule has 0 spiro atoms. The van der Waals surface area contributed by atoms with Gasteiger partial charge in [-0.2, -0.15) is 0 Å². The lowest BCUT2D eigenvalue weighted by molar-refractivity contribution is 0.0972. The molecule has 2 aliphatic rings. The summed E-state index contributed by atoms with van der Waals surface area (Å²) in [4.78, 5) is 99.4. The molecule has 0 bridgehead atoms. The van der Waals surface area contributed by atoms with E-state index in [1.807, 2.05) is 0 Å². The van der Waals surface area contributed by atoms with E-state index in [0.29, 0.717) is 33.6 Å². The van der Waals surface area contributed by atoms with Gasteiger partial charge in [0.1, 0.15) is 23.3 Å². The van der Waals surface area contributed by atoms with Gasteiger partial charge in [0.05, 0.1) is 53.8 Å². The number of allylic oxidation sites excluding steroid dienone is 2. The largest absolute Gasteiger partial charge is 0.307 e. The Morgan fingerprint density at radius 3 is 0.841 bits per heavy atom. The molecule has 0 N–H and O–H groups in total. The zero-order chi connectivity index (χ0) is 88.9. The number of carbonyl (C=O) groups excluding carboxylic acids is 4. The van der Waals surface area contributed by atoms with Gasteiger partial charge in [-0.15, -0.1) is 68.0 Å². The van der Waals surface area contributed by atoms with Crippen molar-refractivity contribution in [3.05, 3.63) is 182 Å². The van der Waals surface area contributed by atoms with Gasteiger partial charge in [-0.3, -0.25) is 28.8 Å². The number of Topliss-reactive ketones (excluding diaryl/α,β-unsaturated/α-hetero) is 4. The number of hydrogen-bond donors (Lipinski definition) is 0. The summed E-state index contributed by atoms with van der Waals surface area (Å²) in [6, 6.07) is 21.3. The number of fused-ring (bicyclic) bond motifs is 8. The second-order valence-electron chi connectivity index (χ2n) is 36.1. The van der Waals surface area contributed by atoms with Crippen molar-refractivity contribution in [3.63, 3.8) is 0 Å². The average molecular weight is 1820 g/mol. The van der Waals surface area contributed by atoms with Crippen LogP contribution in [-0.2, 0) is 38.8 Å². The van der Waals surface area contributed by atoms with Gasteiger partial charge in [0.2, 0.25) is 23.1 Å². The molecule has 0 fully saturated rings. The number of benzene rings is 3. The fourth-order valence-electron chi connectivity index (χ4n) is 19.2. The first kappa shape index (κ1) is 96.2. The molecular formula is C108H132F4N2O6S6. The van der Waals surface area contributed by atoms with Crippen molar-refractivity contribution >= 4 is 145 Å². The van der Waals surface area contributed by atoms with Crippen molar-refractivity contribution < 1.29 is 36.7 Å². The molecule has 18 heteroatoms. The zero-order valence-electron chi connectivity index (χ0n) is 76.1. The van der Waals surface area contributed by atoms with Gasteiger partial charge in [0.15, 0.2) is 0 Å². The smallest absolute Gasteiger partial charge is 0.259 e. The van der Waals surface area contributed by atoms with Crippen LogP contribution in [-0.4, -0.2) is 32.3 Å². The maximum absolute atomic E-state index is 16.8. The van der Waals surface area contributed by atoms with Gasteiger partial charge in [-0.05, 0) is 196 Å². The van der Waals surface area contributed by atoms with Gasteiger partial charge >= 0.3 is 0 Å². The number of nitrogens with zero attached hydrogens (tertiary/aromatic N) is 2. The lowest BCUT2D eigenvalue weighted by atomic mass is 9.93. The number of ketones is 4. The number of halogens is 4. The SMILES string of the molecule is CCCCCCCCC(CCCCCC)Cn1c(=O)c2cc3c(cc2c2sc(-c4sc(-c5sc(C=C6C(=O)c7c(F)ccc(F)c7C6=O)cc5CCCCCC)cc4CCCCCC)cc21)c(=O)n(CC(CCCCCC)CCCCCCCC)c1cc(-c2sc(-c4sc(C=C5C(=O)c6c(F)ccc(F)c6C5=O)cc4CCCCCC)cc2CCCCCC)sc31. The van der Waals surface area contributed by atoms with E-state index in [-0.39, 0.29) is 34.1 Å². The first-order valence-corrected chi connectivity index (χ1v) is 53.5. The molecule has 0 aliphatic heterocycles. The summed E-state index contributed by atoms with van der Waals surface area (Å²) in [6.45, 7) is 19.1. The van der Waals surface area contributed by atoms with E-state index in [1.54, 1.807) is 57.5 Å². The average Bonchev–Trinajstić information content (AvgIpc) is 1.58. The summed E-state index contributed by atoms with van der Waals surface area (Å²) in [5, 5.41) is 2.79. The number of hydrogen-bond acceptors (Lipinski definition) is 12. The molecule has 8 nitrogen and oxygen atoms in total. The highest BCUT2D eigenvalue weighted by molar-refractivity contribution is 7.30. The van der Waals surface area contributed by atoms with E-state index in [2.05, 4.69) is 113 Å². The van der Waals surface area contributed by atoms with Crippen LogP contribution in [0.4, 0.5) is 17.6 Å². The minimum absolute atomic E-state index is 0.0444. The molecule has 674 valence electrons. The molecular weight excluding hydrogens is 1690 g/mol. The summed E-state index contributed by atoms with van der Waals surface area (Å²) >= 11 is 9.99. The zero-order valence-corrected chi connectivity index (χ0v) is 81.0. The normalized spacial score (nSPS) is 13.5. The number of thiophene rings is 6. The van der Waals surface area contributed by atoms with Gasteiger partial charge in [0, 0.05) is 83.4 Å². The molecule has 0 radical (unpaired) electrons. The summed E-state index contributed by atoms with van der Waals surface area (Å²) in [7, 11) is 0. The highest BCUT2D eigenvalue weighted by atomic mass is 32.1. The van der Waals surface area contributed by atoms with Crippen molar-refractivity contribution in [1.82, 2.24) is 9.13 Å². The predicted octanol–water partition coefficient (Wildman–Crippen LogP) is 34.3. The van der Waals surface area contributed by atoms with Crippen LogP contribution in [0.2, 0.25) is 0 Å². The third-order valence-electron chi connectivity index (χ3n) is 26.4. The standard InChI is InChI=1S/C108H132F4N2O6S6/c1-9-17-25-33-35-39-47-69(45-37-27-19-11-3)67-113-87-65-91(103-73(51-43-31-23-15-7)59-89(123-103)101-71(49-41-29-21-13-5)57-75(121-101)61-81-97(115)93-83(109)53-54-84(110)94(93)98(81)116)125-105(87)77-64-80-78(63-79(77)107(113)119)106-88(114(108(80)120)68-70(46-38-28-20-12-4)48-40-36-34-26-18-10-2)66-92(126-106)104-74(52-44-32-24-16-8)60-90(124-104)102-72(50-42-30-22-14-6)58-76(122-102)62-82-99(117)95-85(111)55-56-86(112)96(95)100(82)118/h53-66,69-70H,9-52,67-68H2,1-8H3. The molecule has 2 aliphatic carbocycles. The highest BCUT2D eigenvalue weighted by Gasteiger charge is 2.41.